The molecule has 4 rings (SSSR count). The van der Waals surface area contributed by atoms with Crippen molar-refractivity contribution >= 4 is 5.71 Å². The highest BCUT2D eigenvalue weighted by atomic mass is 16.5. The van der Waals surface area contributed by atoms with Gasteiger partial charge < -0.3 is 14.4 Å². The summed E-state index contributed by atoms with van der Waals surface area (Å²) in [5, 5.41) is 0. The molecule has 0 unspecified atom stereocenters. The molecule has 0 amide bonds. The van der Waals surface area contributed by atoms with E-state index in [1.165, 1.54) is 11.1 Å². The molecule has 2 heterocycles. The minimum atomic E-state index is 0.128. The third kappa shape index (κ3) is 3.86. The Morgan fingerprint density at radius 1 is 1.07 bits per heavy atom. The molecule has 1 aromatic heterocycles. The van der Waals surface area contributed by atoms with Gasteiger partial charge in [-0.15, -0.1) is 0 Å². The molecule has 5 nitrogen and oxygen atoms in total. The molecule has 0 radical (unpaired) electrons. The van der Waals surface area contributed by atoms with Gasteiger partial charge >= 0.3 is 0 Å². The minimum Gasteiger partial charge on any atom is -0.419 e. The summed E-state index contributed by atoms with van der Waals surface area (Å²) in [7, 11) is 0. The van der Waals surface area contributed by atoms with Crippen LogP contribution in [-0.4, -0.2) is 34.9 Å². The van der Waals surface area contributed by atoms with Crippen molar-refractivity contribution in [3.63, 3.8) is 0 Å². The van der Waals surface area contributed by atoms with Gasteiger partial charge in [0.15, 0.2) is 0 Å². The second kappa shape index (κ2) is 9.00. The van der Waals surface area contributed by atoms with Gasteiger partial charge in [-0.3, -0.25) is 0 Å². The summed E-state index contributed by atoms with van der Waals surface area (Å²) in [5.74, 6) is 1.29. The van der Waals surface area contributed by atoms with E-state index in [1.54, 1.807) is 6.20 Å². The van der Waals surface area contributed by atoms with Crippen LogP contribution in [0.1, 0.15) is 56.3 Å². The molecule has 0 N–H and O–H groups in total. The van der Waals surface area contributed by atoms with Crippen LogP contribution in [0.3, 0.4) is 0 Å². The van der Waals surface area contributed by atoms with Gasteiger partial charge in [0, 0.05) is 30.5 Å². The number of pyridine rings is 1. The molecule has 0 fully saturated rings. The lowest BCUT2D eigenvalue weighted by atomic mass is 10.0. The van der Waals surface area contributed by atoms with Gasteiger partial charge in [0.2, 0.25) is 11.8 Å². The topological polar surface area (TPSA) is 47.0 Å². The van der Waals surface area contributed by atoms with Crippen LogP contribution in [0, 0.1) is 6.92 Å². The molecule has 2 aliphatic rings. The van der Waals surface area contributed by atoms with E-state index in [0.717, 1.165) is 42.8 Å². The first kappa shape index (κ1) is 20.6. The summed E-state index contributed by atoms with van der Waals surface area (Å²) in [4.78, 5) is 11.8. The Morgan fingerprint density at radius 3 is 2.63 bits per heavy atom. The molecule has 1 aromatic carbocycles. The summed E-state index contributed by atoms with van der Waals surface area (Å²) >= 11 is 0. The van der Waals surface area contributed by atoms with E-state index in [1.807, 2.05) is 19.1 Å². The Balaban J connectivity index is 1.77. The monoisotopic (exact) mass is 405 g/mol. The fourth-order valence-electron chi connectivity index (χ4n) is 4.49. The number of allylic oxidation sites excluding steroid dienone is 1. The lowest BCUT2D eigenvalue weighted by Gasteiger charge is -2.39. The summed E-state index contributed by atoms with van der Waals surface area (Å²) in [6, 6.07) is 12.8. The third-order valence-corrected chi connectivity index (χ3v) is 5.97. The van der Waals surface area contributed by atoms with Gasteiger partial charge in [-0.05, 0) is 43.9 Å². The van der Waals surface area contributed by atoms with E-state index in [0.29, 0.717) is 18.4 Å². The highest BCUT2D eigenvalue weighted by Gasteiger charge is 2.40. The molecule has 0 saturated carbocycles. The zero-order valence-electron chi connectivity index (χ0n) is 18.4. The number of hydrogen-bond donors (Lipinski definition) is 0. The van der Waals surface area contributed by atoms with Crippen LogP contribution in [0.15, 0.2) is 59.2 Å². The number of benzene rings is 1. The molecule has 2 atom stereocenters. The predicted octanol–water partition coefficient (Wildman–Crippen LogP) is 5.22. The average Bonchev–Trinajstić information content (AvgIpc) is 3.13. The Kier molecular flexibility index (Phi) is 6.18. The lowest BCUT2D eigenvalue weighted by Crippen LogP contribution is -2.41. The number of aliphatic imine (C=N–C) groups is 1. The van der Waals surface area contributed by atoms with E-state index in [4.69, 9.17) is 14.5 Å². The van der Waals surface area contributed by atoms with Crippen LogP contribution >= 0.6 is 0 Å². The first-order chi connectivity index (χ1) is 14.7. The largest absolute Gasteiger partial charge is 0.419 e. The van der Waals surface area contributed by atoms with Crippen molar-refractivity contribution in [2.45, 2.75) is 59.1 Å². The Bertz CT molecular complexity index is 966. The number of aromatic nitrogens is 1. The van der Waals surface area contributed by atoms with E-state index in [2.05, 4.69) is 54.9 Å². The maximum Gasteiger partial charge on any atom is 0.240 e. The standard InChI is InChI=1S/C25H31N3O2/c1-5-19-16-28(23-20-13-9-8-12-18(20)15-22(23)29-7-3)21(6-2)25(27-19)30-24-17(4)11-10-14-26-24/h8-14,22-23H,5-7,15-16H2,1-4H3/t22-,23+/m0/s1. The van der Waals surface area contributed by atoms with Crippen molar-refractivity contribution < 1.29 is 9.47 Å². The number of nitrogens with zero attached hydrogens (tertiary/aromatic N) is 3. The van der Waals surface area contributed by atoms with E-state index < -0.39 is 0 Å². The fraction of sp³-hybridized carbons (Fsp3) is 0.440. The summed E-state index contributed by atoms with van der Waals surface area (Å²) < 4.78 is 12.5. The van der Waals surface area contributed by atoms with Crippen LogP contribution in [0.25, 0.3) is 0 Å². The summed E-state index contributed by atoms with van der Waals surface area (Å²) in [6.45, 7) is 9.91. The van der Waals surface area contributed by atoms with Gasteiger partial charge in [-0.1, -0.05) is 44.2 Å². The van der Waals surface area contributed by atoms with Gasteiger partial charge in [0.05, 0.1) is 24.4 Å². The molecule has 0 spiro atoms. The van der Waals surface area contributed by atoms with Crippen molar-refractivity contribution in [2.75, 3.05) is 13.2 Å². The van der Waals surface area contributed by atoms with Crippen molar-refractivity contribution in [2.24, 2.45) is 4.99 Å². The highest BCUT2D eigenvalue weighted by Crippen LogP contribution is 2.42. The number of rotatable bonds is 7. The molecular weight excluding hydrogens is 374 g/mol. The van der Waals surface area contributed by atoms with Crippen molar-refractivity contribution in [1.29, 1.82) is 0 Å². The molecule has 30 heavy (non-hydrogen) atoms. The summed E-state index contributed by atoms with van der Waals surface area (Å²) in [5.41, 5.74) is 5.97. The maximum absolute atomic E-state index is 6.29. The lowest BCUT2D eigenvalue weighted by molar-refractivity contribution is 0.0114. The second-order valence-corrected chi connectivity index (χ2v) is 7.83. The van der Waals surface area contributed by atoms with Gasteiger partial charge in [-0.25, -0.2) is 9.98 Å². The second-order valence-electron chi connectivity index (χ2n) is 7.83. The van der Waals surface area contributed by atoms with Crippen LogP contribution in [-0.2, 0) is 11.2 Å². The van der Waals surface area contributed by atoms with Crippen LogP contribution in [0.4, 0.5) is 0 Å². The van der Waals surface area contributed by atoms with Crippen LogP contribution in [0.5, 0.6) is 5.88 Å². The Labute approximate surface area is 179 Å². The smallest absolute Gasteiger partial charge is 0.240 e. The molecule has 2 aromatic rings. The molecule has 5 heteroatoms. The van der Waals surface area contributed by atoms with Crippen LogP contribution < -0.4 is 4.74 Å². The first-order valence-electron chi connectivity index (χ1n) is 11.0. The van der Waals surface area contributed by atoms with Gasteiger partial charge in [0.25, 0.3) is 0 Å². The highest BCUT2D eigenvalue weighted by molar-refractivity contribution is 5.88. The Hall–Kier alpha value is -2.66. The Morgan fingerprint density at radius 2 is 1.90 bits per heavy atom. The van der Waals surface area contributed by atoms with E-state index >= 15 is 0 Å². The molecular formula is C25H31N3O2. The van der Waals surface area contributed by atoms with Crippen molar-refractivity contribution in [1.82, 2.24) is 9.88 Å². The van der Waals surface area contributed by atoms with Crippen molar-refractivity contribution in [3.05, 3.63) is 70.9 Å². The zero-order valence-corrected chi connectivity index (χ0v) is 18.4. The van der Waals surface area contributed by atoms with Crippen molar-refractivity contribution in [3.8, 4) is 5.88 Å². The predicted molar refractivity (Wildman–Crippen MR) is 120 cm³/mol. The average molecular weight is 406 g/mol. The molecule has 158 valence electrons. The number of ether oxygens (including phenoxy) is 2. The number of hydrogen-bond acceptors (Lipinski definition) is 5. The minimum absolute atomic E-state index is 0.128. The quantitative estimate of drug-likeness (QED) is 0.634. The van der Waals surface area contributed by atoms with E-state index in [9.17, 15) is 0 Å². The third-order valence-electron chi connectivity index (χ3n) is 5.97. The SMILES string of the molecule is CCO[C@H]1Cc2ccccc2[C@H]1N1CC(CC)=NC(Oc2ncccc2C)=C1CC. The molecule has 0 bridgehead atoms. The normalized spacial score (nSPS) is 20.9. The van der Waals surface area contributed by atoms with E-state index in [-0.39, 0.29) is 12.1 Å². The molecule has 1 aliphatic carbocycles. The zero-order chi connectivity index (χ0) is 21.1. The first-order valence-corrected chi connectivity index (χ1v) is 11.0. The molecule has 0 saturated heterocycles. The maximum atomic E-state index is 6.29. The van der Waals surface area contributed by atoms with Gasteiger partial charge in [-0.2, -0.15) is 0 Å². The van der Waals surface area contributed by atoms with Gasteiger partial charge in [0.1, 0.15) is 0 Å². The van der Waals surface area contributed by atoms with Crippen LogP contribution in [0.2, 0.25) is 0 Å². The number of aryl methyl sites for hydroxylation is 1. The summed E-state index contributed by atoms with van der Waals surface area (Å²) in [6.07, 6.45) is 4.55. The number of fused-ring (bicyclic) bond motifs is 1. The molecule has 1 aliphatic heterocycles. The fourth-order valence-corrected chi connectivity index (χ4v) is 4.49.